The van der Waals surface area contributed by atoms with Crippen LogP contribution in [0.2, 0.25) is 0 Å². The van der Waals surface area contributed by atoms with Crippen LogP contribution in [0.4, 0.5) is 0 Å². The van der Waals surface area contributed by atoms with Crippen LogP contribution in [-0.4, -0.2) is 57.6 Å². The second kappa shape index (κ2) is 6.75. The maximum Gasteiger partial charge on any atom is 0.243 e. The molecule has 0 spiro atoms. The maximum atomic E-state index is 12.5. The highest BCUT2D eigenvalue weighted by Gasteiger charge is 2.34. The van der Waals surface area contributed by atoms with Crippen molar-refractivity contribution in [3.05, 3.63) is 11.7 Å². The number of hydrogen-bond acceptors (Lipinski definition) is 6. The van der Waals surface area contributed by atoms with Gasteiger partial charge in [-0.05, 0) is 27.2 Å². The second-order valence-corrected chi connectivity index (χ2v) is 6.35. The third-order valence-electron chi connectivity index (χ3n) is 4.31. The average molecular weight is 309 g/mol. The first-order valence-electron chi connectivity index (χ1n) is 7.97. The number of nitrogens with zero attached hydrogens (tertiary/aromatic N) is 4. The smallest absolute Gasteiger partial charge is 0.243 e. The van der Waals surface area contributed by atoms with Crippen molar-refractivity contribution < 1.29 is 9.32 Å². The van der Waals surface area contributed by atoms with E-state index in [2.05, 4.69) is 22.0 Å². The molecular formula is C15H27N5O2. The lowest BCUT2D eigenvalue weighted by atomic mass is 9.95. The fourth-order valence-electron chi connectivity index (χ4n) is 2.94. The van der Waals surface area contributed by atoms with Gasteiger partial charge in [0, 0.05) is 26.2 Å². The number of piperazine rings is 1. The van der Waals surface area contributed by atoms with Crippen molar-refractivity contribution in [2.24, 2.45) is 5.73 Å². The molecule has 124 valence electrons. The zero-order valence-electron chi connectivity index (χ0n) is 14.0. The highest BCUT2D eigenvalue weighted by Crippen LogP contribution is 2.21. The van der Waals surface area contributed by atoms with Crippen LogP contribution in [0.15, 0.2) is 4.52 Å². The van der Waals surface area contributed by atoms with Gasteiger partial charge in [0.25, 0.3) is 0 Å². The van der Waals surface area contributed by atoms with E-state index in [9.17, 15) is 4.79 Å². The molecule has 1 aliphatic rings. The zero-order valence-corrected chi connectivity index (χ0v) is 14.0. The predicted molar refractivity (Wildman–Crippen MR) is 83.1 cm³/mol. The van der Waals surface area contributed by atoms with Crippen LogP contribution in [0.25, 0.3) is 0 Å². The van der Waals surface area contributed by atoms with E-state index in [1.807, 2.05) is 25.7 Å². The van der Waals surface area contributed by atoms with Crippen molar-refractivity contribution in [3.8, 4) is 0 Å². The highest BCUT2D eigenvalue weighted by molar-refractivity contribution is 5.85. The Balaban J connectivity index is 1.91. The molecule has 7 nitrogen and oxygen atoms in total. The van der Waals surface area contributed by atoms with E-state index in [1.54, 1.807) is 0 Å². The SMILES string of the molecule is CCCC(C)(N)C(=O)N1CCN(C(C)c2nc(C)no2)CC1. The van der Waals surface area contributed by atoms with Crippen LogP contribution >= 0.6 is 0 Å². The van der Waals surface area contributed by atoms with Crippen molar-refractivity contribution in [1.82, 2.24) is 19.9 Å². The molecule has 0 bridgehead atoms. The fraction of sp³-hybridized carbons (Fsp3) is 0.800. The van der Waals surface area contributed by atoms with Gasteiger partial charge in [-0.25, -0.2) is 0 Å². The highest BCUT2D eigenvalue weighted by atomic mass is 16.5. The van der Waals surface area contributed by atoms with Gasteiger partial charge in [-0.2, -0.15) is 4.98 Å². The minimum absolute atomic E-state index is 0.0512. The average Bonchev–Trinajstić information content (AvgIpc) is 2.92. The van der Waals surface area contributed by atoms with Crippen LogP contribution in [0.1, 0.15) is 51.4 Å². The van der Waals surface area contributed by atoms with E-state index >= 15 is 0 Å². The fourth-order valence-corrected chi connectivity index (χ4v) is 2.94. The lowest BCUT2D eigenvalue weighted by Crippen LogP contribution is -2.58. The van der Waals surface area contributed by atoms with Gasteiger partial charge in [-0.3, -0.25) is 9.69 Å². The van der Waals surface area contributed by atoms with Crippen molar-refractivity contribution in [1.29, 1.82) is 0 Å². The molecule has 0 radical (unpaired) electrons. The molecule has 22 heavy (non-hydrogen) atoms. The molecule has 1 aromatic heterocycles. The molecule has 0 aliphatic carbocycles. The summed E-state index contributed by atoms with van der Waals surface area (Å²) in [5.41, 5.74) is 5.39. The molecule has 1 saturated heterocycles. The van der Waals surface area contributed by atoms with Gasteiger partial charge in [0.15, 0.2) is 5.82 Å². The number of nitrogens with two attached hydrogens (primary N) is 1. The first-order valence-corrected chi connectivity index (χ1v) is 7.97. The Kier molecular flexibility index (Phi) is 5.18. The summed E-state index contributed by atoms with van der Waals surface area (Å²) in [7, 11) is 0. The molecule has 1 aromatic rings. The lowest BCUT2D eigenvalue weighted by molar-refractivity contribution is -0.138. The molecular weight excluding hydrogens is 282 g/mol. The largest absolute Gasteiger partial charge is 0.339 e. The lowest BCUT2D eigenvalue weighted by Gasteiger charge is -2.39. The number of aromatic nitrogens is 2. The summed E-state index contributed by atoms with van der Waals surface area (Å²) in [6, 6.07) is 0.0679. The molecule has 2 unspecified atom stereocenters. The van der Waals surface area contributed by atoms with Crippen molar-refractivity contribution in [3.63, 3.8) is 0 Å². The van der Waals surface area contributed by atoms with Gasteiger partial charge in [0.05, 0.1) is 11.6 Å². The summed E-state index contributed by atoms with van der Waals surface area (Å²) in [5, 5.41) is 3.83. The van der Waals surface area contributed by atoms with Crippen LogP contribution in [0.5, 0.6) is 0 Å². The summed E-state index contributed by atoms with van der Waals surface area (Å²) in [6.45, 7) is 10.7. The van der Waals surface area contributed by atoms with Crippen molar-refractivity contribution >= 4 is 5.91 Å². The first kappa shape index (κ1) is 16.9. The molecule has 1 aliphatic heterocycles. The van der Waals surface area contributed by atoms with Gasteiger partial charge < -0.3 is 15.2 Å². The van der Waals surface area contributed by atoms with Crippen LogP contribution in [0.3, 0.4) is 0 Å². The Morgan fingerprint density at radius 2 is 2.05 bits per heavy atom. The molecule has 2 atom stereocenters. The third-order valence-corrected chi connectivity index (χ3v) is 4.31. The molecule has 1 amide bonds. The normalized spacial score (nSPS) is 20.7. The third kappa shape index (κ3) is 3.64. The van der Waals surface area contributed by atoms with E-state index in [-0.39, 0.29) is 11.9 Å². The minimum Gasteiger partial charge on any atom is -0.339 e. The van der Waals surface area contributed by atoms with Gasteiger partial charge in [0.2, 0.25) is 11.8 Å². The first-order chi connectivity index (χ1) is 10.3. The number of amides is 1. The van der Waals surface area contributed by atoms with Crippen molar-refractivity contribution in [2.75, 3.05) is 26.2 Å². The molecule has 2 rings (SSSR count). The van der Waals surface area contributed by atoms with Crippen LogP contribution in [-0.2, 0) is 4.79 Å². The van der Waals surface area contributed by atoms with Crippen LogP contribution in [0, 0.1) is 6.92 Å². The van der Waals surface area contributed by atoms with Gasteiger partial charge in [0.1, 0.15) is 0 Å². The predicted octanol–water partition coefficient (Wildman–Crippen LogP) is 1.10. The summed E-state index contributed by atoms with van der Waals surface area (Å²) < 4.78 is 5.24. The summed E-state index contributed by atoms with van der Waals surface area (Å²) in [4.78, 5) is 20.9. The van der Waals surface area contributed by atoms with Crippen molar-refractivity contribution in [2.45, 2.75) is 52.1 Å². The standard InChI is InChI=1S/C15H27N5O2/c1-5-6-15(4,16)14(21)20-9-7-19(8-10-20)11(2)13-17-12(3)18-22-13/h11H,5-10,16H2,1-4H3. The molecule has 7 heteroatoms. The topological polar surface area (TPSA) is 88.5 Å². The molecule has 2 heterocycles. The monoisotopic (exact) mass is 309 g/mol. The van der Waals surface area contributed by atoms with E-state index < -0.39 is 5.54 Å². The number of hydrogen-bond donors (Lipinski definition) is 1. The van der Waals surface area contributed by atoms with Crippen LogP contribution < -0.4 is 5.73 Å². The minimum atomic E-state index is -0.758. The van der Waals surface area contributed by atoms with E-state index in [0.29, 0.717) is 31.2 Å². The number of aryl methyl sites for hydroxylation is 1. The Morgan fingerprint density at radius 1 is 1.41 bits per heavy atom. The Morgan fingerprint density at radius 3 is 2.55 bits per heavy atom. The second-order valence-electron chi connectivity index (χ2n) is 6.35. The Labute approximate surface area is 131 Å². The molecule has 2 N–H and O–H groups in total. The van der Waals surface area contributed by atoms with Gasteiger partial charge >= 0.3 is 0 Å². The molecule has 1 fully saturated rings. The Bertz CT molecular complexity index is 506. The zero-order chi connectivity index (χ0) is 16.3. The molecule has 0 aromatic carbocycles. The van der Waals surface area contributed by atoms with E-state index in [0.717, 1.165) is 19.5 Å². The number of carbonyl (C=O) groups is 1. The summed E-state index contributed by atoms with van der Waals surface area (Å²) in [6.07, 6.45) is 1.62. The van der Waals surface area contributed by atoms with Gasteiger partial charge in [-0.15, -0.1) is 0 Å². The molecule has 0 saturated carbocycles. The number of rotatable bonds is 5. The van der Waals surface area contributed by atoms with E-state index in [4.69, 9.17) is 10.3 Å². The number of carbonyl (C=O) groups excluding carboxylic acids is 1. The summed E-state index contributed by atoms with van der Waals surface area (Å²) in [5.74, 6) is 1.33. The maximum absolute atomic E-state index is 12.5. The Hall–Kier alpha value is -1.47. The quantitative estimate of drug-likeness (QED) is 0.876. The summed E-state index contributed by atoms with van der Waals surface area (Å²) >= 11 is 0. The van der Waals surface area contributed by atoms with E-state index in [1.165, 1.54) is 0 Å². The van der Waals surface area contributed by atoms with Gasteiger partial charge in [-0.1, -0.05) is 18.5 Å².